The predicted molar refractivity (Wildman–Crippen MR) is 107 cm³/mol. The molecule has 1 atom stereocenters. The van der Waals surface area contributed by atoms with Crippen LogP contribution in [0, 0.1) is 0 Å². The Kier molecular flexibility index (Phi) is 5.05. The van der Waals surface area contributed by atoms with Crippen molar-refractivity contribution in [3.05, 3.63) is 78.2 Å². The minimum Gasteiger partial charge on any atom is -0.358 e. The molecule has 2 heterocycles. The Morgan fingerprint density at radius 3 is 2.59 bits per heavy atom. The highest BCUT2D eigenvalue weighted by atomic mass is 16.2. The van der Waals surface area contributed by atoms with Crippen LogP contribution in [0.25, 0.3) is 11.3 Å². The van der Waals surface area contributed by atoms with Gasteiger partial charge in [-0.15, -0.1) is 0 Å². The molecule has 0 aliphatic heterocycles. The molecule has 1 fully saturated rings. The predicted octanol–water partition coefficient (Wildman–Crippen LogP) is 4.76. The van der Waals surface area contributed by atoms with Crippen LogP contribution in [-0.4, -0.2) is 26.8 Å². The van der Waals surface area contributed by atoms with E-state index in [1.165, 1.54) is 5.56 Å². The largest absolute Gasteiger partial charge is 0.358 e. The molecule has 1 saturated carbocycles. The molecule has 4 heteroatoms. The number of hydrogen-bond acceptors (Lipinski definition) is 2. The standard InChI is InChI=1S/C23H25N3O/c1-17(21-9-5-6-16-24-21)26(20-12-13-20)23(27)15-11-19-10-14-22(25-19)18-7-3-2-4-8-18/h2-10,14,16-17,20,25H,11-13,15H2,1H3. The van der Waals surface area contributed by atoms with Gasteiger partial charge in [0.25, 0.3) is 0 Å². The second kappa shape index (κ2) is 7.78. The van der Waals surface area contributed by atoms with Gasteiger partial charge in [0, 0.05) is 30.0 Å². The van der Waals surface area contributed by atoms with Gasteiger partial charge in [-0.05, 0) is 56.0 Å². The number of carbonyl (C=O) groups excluding carboxylic acids is 1. The third-order valence-electron chi connectivity index (χ3n) is 5.20. The van der Waals surface area contributed by atoms with E-state index in [0.717, 1.165) is 36.3 Å². The normalized spacial score (nSPS) is 14.7. The van der Waals surface area contributed by atoms with Crippen LogP contribution >= 0.6 is 0 Å². The highest BCUT2D eigenvalue weighted by molar-refractivity contribution is 5.77. The molecule has 1 unspecified atom stereocenters. The molecule has 1 amide bonds. The molecule has 1 aliphatic rings. The summed E-state index contributed by atoms with van der Waals surface area (Å²) in [6.45, 7) is 2.08. The van der Waals surface area contributed by atoms with Crippen molar-refractivity contribution in [3.8, 4) is 11.3 Å². The molecule has 0 saturated heterocycles. The second-order valence-corrected chi connectivity index (χ2v) is 7.23. The summed E-state index contributed by atoms with van der Waals surface area (Å²) in [6.07, 6.45) is 5.24. The number of nitrogens with zero attached hydrogens (tertiary/aromatic N) is 2. The lowest BCUT2D eigenvalue weighted by Crippen LogP contribution is -2.36. The Bertz CT molecular complexity index is 884. The SMILES string of the molecule is CC(c1ccccn1)N(C(=O)CCc1ccc(-c2ccccc2)[nH]1)C1CC1. The maximum Gasteiger partial charge on any atom is 0.223 e. The van der Waals surface area contributed by atoms with Crippen molar-refractivity contribution in [1.82, 2.24) is 14.9 Å². The average molecular weight is 359 g/mol. The van der Waals surface area contributed by atoms with E-state index in [2.05, 4.69) is 41.2 Å². The summed E-state index contributed by atoms with van der Waals surface area (Å²) in [5.41, 5.74) is 4.32. The van der Waals surface area contributed by atoms with E-state index in [1.54, 1.807) is 6.20 Å². The van der Waals surface area contributed by atoms with E-state index in [4.69, 9.17) is 0 Å². The summed E-state index contributed by atoms with van der Waals surface area (Å²) in [6, 6.07) is 20.7. The molecule has 138 valence electrons. The number of rotatable bonds is 7. The lowest BCUT2D eigenvalue weighted by molar-refractivity contribution is -0.134. The third kappa shape index (κ3) is 4.11. The topological polar surface area (TPSA) is 49.0 Å². The maximum atomic E-state index is 13.0. The highest BCUT2D eigenvalue weighted by Gasteiger charge is 2.36. The molecular weight excluding hydrogens is 334 g/mol. The number of aromatic nitrogens is 2. The Hall–Kier alpha value is -2.88. The van der Waals surface area contributed by atoms with Crippen molar-refractivity contribution in [2.45, 2.75) is 44.7 Å². The fraction of sp³-hybridized carbons (Fsp3) is 0.304. The zero-order chi connectivity index (χ0) is 18.6. The van der Waals surface area contributed by atoms with Crippen LogP contribution in [0.15, 0.2) is 66.9 Å². The van der Waals surface area contributed by atoms with E-state index < -0.39 is 0 Å². The molecule has 1 aromatic carbocycles. The molecule has 27 heavy (non-hydrogen) atoms. The first-order valence-corrected chi connectivity index (χ1v) is 9.68. The monoisotopic (exact) mass is 359 g/mol. The zero-order valence-corrected chi connectivity index (χ0v) is 15.6. The van der Waals surface area contributed by atoms with Crippen LogP contribution in [0.4, 0.5) is 0 Å². The van der Waals surface area contributed by atoms with Crippen LogP contribution in [0.1, 0.15) is 43.6 Å². The number of aryl methyl sites for hydroxylation is 1. The van der Waals surface area contributed by atoms with E-state index in [9.17, 15) is 4.79 Å². The zero-order valence-electron chi connectivity index (χ0n) is 15.6. The summed E-state index contributed by atoms with van der Waals surface area (Å²) < 4.78 is 0. The molecule has 3 aromatic rings. The number of pyridine rings is 1. The number of aromatic amines is 1. The van der Waals surface area contributed by atoms with E-state index in [0.29, 0.717) is 12.5 Å². The first-order chi connectivity index (χ1) is 13.2. The average Bonchev–Trinajstić information content (AvgIpc) is 3.43. The van der Waals surface area contributed by atoms with Crippen LogP contribution < -0.4 is 0 Å². The summed E-state index contributed by atoms with van der Waals surface area (Å²) in [5, 5.41) is 0. The van der Waals surface area contributed by atoms with Crippen molar-refractivity contribution >= 4 is 5.91 Å². The van der Waals surface area contributed by atoms with Gasteiger partial charge in [-0.25, -0.2) is 0 Å². The first-order valence-electron chi connectivity index (χ1n) is 9.68. The van der Waals surface area contributed by atoms with Crippen LogP contribution in [-0.2, 0) is 11.2 Å². The van der Waals surface area contributed by atoms with Crippen LogP contribution in [0.2, 0.25) is 0 Å². The number of amides is 1. The van der Waals surface area contributed by atoms with Gasteiger partial charge in [-0.2, -0.15) is 0 Å². The van der Waals surface area contributed by atoms with Gasteiger partial charge in [0.15, 0.2) is 0 Å². The molecule has 4 nitrogen and oxygen atoms in total. The highest BCUT2D eigenvalue weighted by Crippen LogP contribution is 2.34. The van der Waals surface area contributed by atoms with E-state index in [1.807, 2.05) is 41.3 Å². The summed E-state index contributed by atoms with van der Waals surface area (Å²) in [7, 11) is 0. The molecular formula is C23H25N3O. The lowest BCUT2D eigenvalue weighted by Gasteiger charge is -2.29. The Morgan fingerprint density at radius 1 is 1.11 bits per heavy atom. The smallest absolute Gasteiger partial charge is 0.223 e. The quantitative estimate of drug-likeness (QED) is 0.661. The second-order valence-electron chi connectivity index (χ2n) is 7.23. The third-order valence-corrected chi connectivity index (χ3v) is 5.20. The molecule has 0 bridgehead atoms. The molecule has 1 N–H and O–H groups in total. The summed E-state index contributed by atoms with van der Waals surface area (Å²) in [5.74, 6) is 0.214. The molecule has 4 rings (SSSR count). The van der Waals surface area contributed by atoms with Gasteiger partial charge < -0.3 is 9.88 Å². The number of hydrogen-bond donors (Lipinski definition) is 1. The van der Waals surface area contributed by atoms with Gasteiger partial charge in [0.05, 0.1) is 11.7 Å². The summed E-state index contributed by atoms with van der Waals surface area (Å²) >= 11 is 0. The fourth-order valence-corrected chi connectivity index (χ4v) is 3.60. The number of carbonyl (C=O) groups is 1. The Morgan fingerprint density at radius 2 is 1.89 bits per heavy atom. The molecule has 0 radical (unpaired) electrons. The Labute approximate surface area is 160 Å². The van der Waals surface area contributed by atoms with Crippen LogP contribution in [0.5, 0.6) is 0 Å². The van der Waals surface area contributed by atoms with Crippen molar-refractivity contribution < 1.29 is 4.79 Å². The Balaban J connectivity index is 1.41. The van der Waals surface area contributed by atoms with E-state index in [-0.39, 0.29) is 11.9 Å². The van der Waals surface area contributed by atoms with Gasteiger partial charge in [0.1, 0.15) is 0 Å². The first kappa shape index (κ1) is 17.5. The maximum absolute atomic E-state index is 13.0. The molecule has 1 aliphatic carbocycles. The minimum atomic E-state index is 0.0229. The number of benzene rings is 1. The van der Waals surface area contributed by atoms with Gasteiger partial charge >= 0.3 is 0 Å². The van der Waals surface area contributed by atoms with E-state index >= 15 is 0 Å². The van der Waals surface area contributed by atoms with Crippen molar-refractivity contribution in [1.29, 1.82) is 0 Å². The molecule has 0 spiro atoms. The molecule has 2 aromatic heterocycles. The number of H-pyrrole nitrogens is 1. The number of nitrogens with one attached hydrogen (secondary N) is 1. The fourth-order valence-electron chi connectivity index (χ4n) is 3.60. The van der Waals surface area contributed by atoms with Crippen molar-refractivity contribution in [2.75, 3.05) is 0 Å². The van der Waals surface area contributed by atoms with Crippen LogP contribution in [0.3, 0.4) is 0 Å². The van der Waals surface area contributed by atoms with Gasteiger partial charge in [-0.3, -0.25) is 9.78 Å². The van der Waals surface area contributed by atoms with Crippen molar-refractivity contribution in [2.24, 2.45) is 0 Å². The van der Waals surface area contributed by atoms with Crippen molar-refractivity contribution in [3.63, 3.8) is 0 Å². The lowest BCUT2D eigenvalue weighted by atomic mass is 10.1. The summed E-state index contributed by atoms with van der Waals surface area (Å²) in [4.78, 5) is 22.9. The minimum absolute atomic E-state index is 0.0229. The van der Waals surface area contributed by atoms with Gasteiger partial charge in [-0.1, -0.05) is 36.4 Å². The van der Waals surface area contributed by atoms with Gasteiger partial charge in [0.2, 0.25) is 5.91 Å².